The summed E-state index contributed by atoms with van der Waals surface area (Å²) in [7, 11) is 0. The van der Waals surface area contributed by atoms with Crippen LogP contribution in [0.2, 0.25) is 0 Å². The van der Waals surface area contributed by atoms with Gasteiger partial charge in [0.1, 0.15) is 0 Å². The second-order valence-corrected chi connectivity index (χ2v) is 5.54. The molecule has 0 saturated carbocycles. The molecule has 1 heterocycles. The van der Waals surface area contributed by atoms with E-state index < -0.39 is 0 Å². The van der Waals surface area contributed by atoms with Crippen LogP contribution < -0.4 is 4.90 Å². The maximum Gasteiger partial charge on any atom is 0.0402 e. The minimum atomic E-state index is 1.10. The van der Waals surface area contributed by atoms with Gasteiger partial charge in [-0.3, -0.25) is 0 Å². The van der Waals surface area contributed by atoms with Gasteiger partial charge in [-0.1, -0.05) is 49.0 Å². The highest BCUT2D eigenvalue weighted by Crippen LogP contribution is 2.29. The van der Waals surface area contributed by atoms with E-state index in [0.29, 0.717) is 0 Å². The van der Waals surface area contributed by atoms with Gasteiger partial charge in [0.25, 0.3) is 0 Å². The Morgan fingerprint density at radius 2 is 1.65 bits per heavy atom. The fourth-order valence-corrected chi connectivity index (χ4v) is 2.90. The van der Waals surface area contributed by atoms with Crippen LogP contribution in [0.15, 0.2) is 55.1 Å². The molecule has 0 aliphatic carbocycles. The highest BCUT2D eigenvalue weighted by Gasteiger charge is 2.15. The molecule has 102 valence electrons. The molecule has 3 rings (SSSR count). The summed E-state index contributed by atoms with van der Waals surface area (Å²) in [5, 5.41) is 0. The van der Waals surface area contributed by atoms with Gasteiger partial charge in [-0.2, -0.15) is 0 Å². The van der Waals surface area contributed by atoms with Gasteiger partial charge in [-0.25, -0.2) is 0 Å². The van der Waals surface area contributed by atoms with Crippen molar-refractivity contribution in [2.45, 2.75) is 19.8 Å². The fourth-order valence-electron chi connectivity index (χ4n) is 2.90. The zero-order valence-electron chi connectivity index (χ0n) is 12.1. The molecule has 1 aliphatic rings. The average molecular weight is 263 g/mol. The Kier molecular flexibility index (Phi) is 3.60. The minimum Gasteiger partial charge on any atom is -0.371 e. The molecule has 0 N–H and O–H groups in total. The van der Waals surface area contributed by atoms with E-state index in [0.717, 1.165) is 5.57 Å². The van der Waals surface area contributed by atoms with Gasteiger partial charge in [-0.15, -0.1) is 0 Å². The van der Waals surface area contributed by atoms with Crippen LogP contribution in [0.1, 0.15) is 29.5 Å². The van der Waals surface area contributed by atoms with Gasteiger partial charge in [0, 0.05) is 18.8 Å². The van der Waals surface area contributed by atoms with Crippen LogP contribution in [-0.2, 0) is 0 Å². The Balaban J connectivity index is 1.94. The van der Waals surface area contributed by atoms with E-state index in [1.165, 1.54) is 48.3 Å². The standard InChI is InChI=1S/C19H21N/c1-15-10-11-18(14-19(15)20-12-6-7-13-20)16(2)17-8-4-3-5-9-17/h3-5,8-11,14H,2,6-7,12-13H2,1H3. The molecule has 0 unspecified atom stereocenters. The van der Waals surface area contributed by atoms with Crippen LogP contribution in [-0.4, -0.2) is 13.1 Å². The van der Waals surface area contributed by atoms with Crippen LogP contribution >= 0.6 is 0 Å². The Hall–Kier alpha value is -2.02. The lowest BCUT2D eigenvalue weighted by Gasteiger charge is -2.21. The van der Waals surface area contributed by atoms with Gasteiger partial charge in [0.15, 0.2) is 0 Å². The van der Waals surface area contributed by atoms with Crippen molar-refractivity contribution in [3.8, 4) is 0 Å². The van der Waals surface area contributed by atoms with Gasteiger partial charge in [0.05, 0.1) is 0 Å². The normalized spacial score (nSPS) is 14.6. The summed E-state index contributed by atoms with van der Waals surface area (Å²) in [4.78, 5) is 2.50. The average Bonchev–Trinajstić information content (AvgIpc) is 3.02. The highest BCUT2D eigenvalue weighted by molar-refractivity contribution is 5.80. The van der Waals surface area contributed by atoms with Crippen molar-refractivity contribution in [1.82, 2.24) is 0 Å². The maximum absolute atomic E-state index is 4.27. The monoisotopic (exact) mass is 263 g/mol. The van der Waals surface area contributed by atoms with E-state index >= 15 is 0 Å². The molecule has 1 heteroatoms. The topological polar surface area (TPSA) is 3.24 Å². The third kappa shape index (κ3) is 2.49. The Labute approximate surface area is 121 Å². The summed E-state index contributed by atoms with van der Waals surface area (Å²) in [6, 6.07) is 17.1. The quantitative estimate of drug-likeness (QED) is 0.778. The predicted molar refractivity (Wildman–Crippen MR) is 87.2 cm³/mol. The lowest BCUT2D eigenvalue weighted by Crippen LogP contribution is -2.18. The molecule has 0 spiro atoms. The van der Waals surface area contributed by atoms with Crippen molar-refractivity contribution in [1.29, 1.82) is 0 Å². The van der Waals surface area contributed by atoms with Crippen molar-refractivity contribution in [3.05, 3.63) is 71.8 Å². The molecule has 20 heavy (non-hydrogen) atoms. The molecule has 0 amide bonds. The summed E-state index contributed by atoms with van der Waals surface area (Å²) in [5.41, 5.74) is 6.26. The lowest BCUT2D eigenvalue weighted by molar-refractivity contribution is 0.949. The van der Waals surface area contributed by atoms with Crippen molar-refractivity contribution >= 4 is 11.3 Å². The molecule has 1 aliphatic heterocycles. The Morgan fingerprint density at radius 1 is 0.950 bits per heavy atom. The summed E-state index contributed by atoms with van der Waals surface area (Å²) in [6.07, 6.45) is 2.62. The SMILES string of the molecule is C=C(c1ccccc1)c1ccc(C)c(N2CCCC2)c1. The zero-order valence-corrected chi connectivity index (χ0v) is 12.1. The third-order valence-electron chi connectivity index (χ3n) is 4.13. The molecular formula is C19H21N. The first kappa shape index (κ1) is 13.0. The zero-order chi connectivity index (χ0) is 13.9. The number of rotatable bonds is 3. The van der Waals surface area contributed by atoms with Gasteiger partial charge in [-0.05, 0) is 48.1 Å². The summed E-state index contributed by atoms with van der Waals surface area (Å²) < 4.78 is 0. The first-order chi connectivity index (χ1) is 9.75. The first-order valence-corrected chi connectivity index (χ1v) is 7.36. The summed E-state index contributed by atoms with van der Waals surface area (Å²) in [6.45, 7) is 8.84. The number of hydrogen-bond acceptors (Lipinski definition) is 1. The van der Waals surface area contributed by atoms with Gasteiger partial charge in [0.2, 0.25) is 0 Å². The van der Waals surface area contributed by atoms with Crippen molar-refractivity contribution in [2.24, 2.45) is 0 Å². The number of benzene rings is 2. The summed E-state index contributed by atoms with van der Waals surface area (Å²) >= 11 is 0. The first-order valence-electron chi connectivity index (χ1n) is 7.36. The molecule has 1 nitrogen and oxygen atoms in total. The van der Waals surface area contributed by atoms with Crippen LogP contribution in [0.5, 0.6) is 0 Å². The van der Waals surface area contributed by atoms with Crippen molar-refractivity contribution in [3.63, 3.8) is 0 Å². The number of aryl methyl sites for hydroxylation is 1. The molecule has 2 aromatic carbocycles. The summed E-state index contributed by atoms with van der Waals surface area (Å²) in [5.74, 6) is 0. The van der Waals surface area contributed by atoms with E-state index in [1.807, 2.05) is 6.07 Å². The molecule has 0 atom stereocenters. The Morgan fingerprint density at radius 3 is 2.35 bits per heavy atom. The molecule has 0 bridgehead atoms. The number of nitrogens with zero attached hydrogens (tertiary/aromatic N) is 1. The minimum absolute atomic E-state index is 1.10. The van der Waals surface area contributed by atoms with Crippen LogP contribution in [0.4, 0.5) is 5.69 Å². The predicted octanol–water partition coefficient (Wildman–Crippen LogP) is 4.66. The molecular weight excluding hydrogens is 242 g/mol. The third-order valence-corrected chi connectivity index (χ3v) is 4.13. The van der Waals surface area contributed by atoms with Crippen molar-refractivity contribution < 1.29 is 0 Å². The van der Waals surface area contributed by atoms with Crippen molar-refractivity contribution in [2.75, 3.05) is 18.0 Å². The Bertz CT molecular complexity index is 607. The molecule has 0 aromatic heterocycles. The number of anilines is 1. The van der Waals surface area contributed by atoms with E-state index in [9.17, 15) is 0 Å². The van der Waals surface area contributed by atoms with E-state index in [1.54, 1.807) is 0 Å². The van der Waals surface area contributed by atoms with Crippen LogP contribution in [0.3, 0.4) is 0 Å². The maximum atomic E-state index is 4.27. The smallest absolute Gasteiger partial charge is 0.0402 e. The molecule has 2 aromatic rings. The van der Waals surface area contributed by atoms with E-state index in [-0.39, 0.29) is 0 Å². The fraction of sp³-hybridized carbons (Fsp3) is 0.263. The largest absolute Gasteiger partial charge is 0.371 e. The lowest BCUT2D eigenvalue weighted by atomic mass is 9.97. The second-order valence-electron chi connectivity index (χ2n) is 5.54. The van der Waals surface area contributed by atoms with Gasteiger partial charge >= 0.3 is 0 Å². The van der Waals surface area contributed by atoms with Crippen LogP contribution in [0, 0.1) is 6.92 Å². The van der Waals surface area contributed by atoms with Crippen LogP contribution in [0.25, 0.3) is 5.57 Å². The second kappa shape index (κ2) is 5.54. The van der Waals surface area contributed by atoms with Gasteiger partial charge < -0.3 is 4.90 Å². The highest BCUT2D eigenvalue weighted by atomic mass is 15.1. The molecule has 1 fully saturated rings. The van der Waals surface area contributed by atoms with E-state index in [4.69, 9.17) is 0 Å². The number of hydrogen-bond donors (Lipinski definition) is 0. The van der Waals surface area contributed by atoms with E-state index in [2.05, 4.69) is 60.9 Å². The molecule has 0 radical (unpaired) electrons. The molecule has 1 saturated heterocycles.